The molecule has 90 valence electrons. The van der Waals surface area contributed by atoms with E-state index in [4.69, 9.17) is 5.73 Å². The van der Waals surface area contributed by atoms with Crippen LogP contribution in [0, 0.1) is 5.92 Å². The summed E-state index contributed by atoms with van der Waals surface area (Å²) in [5, 5.41) is 2.15. The fraction of sp³-hybridized carbons (Fsp3) is 0.692. The second-order valence-electron chi connectivity index (χ2n) is 4.93. The van der Waals surface area contributed by atoms with Crippen LogP contribution in [0.3, 0.4) is 0 Å². The van der Waals surface area contributed by atoms with Crippen molar-refractivity contribution in [2.75, 3.05) is 13.1 Å². The van der Waals surface area contributed by atoms with Crippen molar-refractivity contribution in [1.29, 1.82) is 0 Å². The second-order valence-corrected chi connectivity index (χ2v) is 5.96. The Kier molecular flexibility index (Phi) is 3.67. The number of hydrogen-bond donors (Lipinski definition) is 1. The van der Waals surface area contributed by atoms with Crippen LogP contribution in [-0.2, 0) is 6.54 Å². The average molecular weight is 238 g/mol. The molecule has 1 aromatic heterocycles. The van der Waals surface area contributed by atoms with E-state index in [2.05, 4.69) is 36.3 Å². The molecule has 0 spiro atoms. The number of nitrogens with two attached hydrogens (primary N) is 1. The van der Waals surface area contributed by atoms with E-state index in [0.717, 1.165) is 25.6 Å². The zero-order valence-corrected chi connectivity index (χ0v) is 11.1. The van der Waals surface area contributed by atoms with E-state index in [0.29, 0.717) is 0 Å². The molecular weight excluding hydrogens is 216 g/mol. The Balaban J connectivity index is 2.08. The Labute approximate surface area is 102 Å². The molecule has 0 bridgehead atoms. The minimum absolute atomic E-state index is 0.207. The van der Waals surface area contributed by atoms with E-state index in [9.17, 15) is 0 Å². The molecule has 1 aliphatic rings. The SMILES string of the molecule is CCN(Cc1cccs1)C(C)(CN)C1CC1. The predicted octanol–water partition coefficient (Wildman–Crippen LogP) is 2.70. The van der Waals surface area contributed by atoms with E-state index in [1.165, 1.54) is 17.7 Å². The fourth-order valence-corrected chi connectivity index (χ4v) is 3.22. The van der Waals surface area contributed by atoms with E-state index in [1.54, 1.807) is 0 Å². The molecule has 1 aliphatic carbocycles. The summed E-state index contributed by atoms with van der Waals surface area (Å²) in [7, 11) is 0. The van der Waals surface area contributed by atoms with Gasteiger partial charge in [0.15, 0.2) is 0 Å². The average Bonchev–Trinajstić information content (AvgIpc) is 3.04. The summed E-state index contributed by atoms with van der Waals surface area (Å²) >= 11 is 1.84. The van der Waals surface area contributed by atoms with Gasteiger partial charge in [0.05, 0.1) is 0 Å². The summed E-state index contributed by atoms with van der Waals surface area (Å²) in [4.78, 5) is 4.00. The molecule has 2 rings (SSSR count). The van der Waals surface area contributed by atoms with Gasteiger partial charge in [-0.25, -0.2) is 0 Å². The zero-order valence-electron chi connectivity index (χ0n) is 10.3. The minimum atomic E-state index is 0.207. The van der Waals surface area contributed by atoms with Crippen LogP contribution >= 0.6 is 11.3 Å². The number of hydrogen-bond acceptors (Lipinski definition) is 3. The first kappa shape index (κ1) is 12.1. The lowest BCUT2D eigenvalue weighted by atomic mass is 9.93. The molecule has 1 saturated carbocycles. The Morgan fingerprint density at radius 2 is 2.31 bits per heavy atom. The molecule has 1 heterocycles. The largest absolute Gasteiger partial charge is 0.329 e. The lowest BCUT2D eigenvalue weighted by Crippen LogP contribution is -2.52. The van der Waals surface area contributed by atoms with E-state index >= 15 is 0 Å². The molecule has 1 unspecified atom stereocenters. The first-order valence-corrected chi connectivity index (χ1v) is 7.06. The van der Waals surface area contributed by atoms with Crippen molar-refractivity contribution in [3.8, 4) is 0 Å². The van der Waals surface area contributed by atoms with Gasteiger partial charge in [-0.15, -0.1) is 11.3 Å². The van der Waals surface area contributed by atoms with Crippen LogP contribution in [0.25, 0.3) is 0 Å². The van der Waals surface area contributed by atoms with Crippen LogP contribution in [-0.4, -0.2) is 23.5 Å². The third kappa shape index (κ3) is 2.31. The third-order valence-electron chi connectivity index (χ3n) is 3.90. The van der Waals surface area contributed by atoms with Crippen LogP contribution < -0.4 is 5.73 Å². The molecule has 1 fully saturated rings. The first-order valence-electron chi connectivity index (χ1n) is 6.18. The molecule has 1 atom stereocenters. The van der Waals surface area contributed by atoms with Crippen LogP contribution in [0.4, 0.5) is 0 Å². The molecule has 3 heteroatoms. The summed E-state index contributed by atoms with van der Waals surface area (Å²) < 4.78 is 0. The maximum Gasteiger partial charge on any atom is 0.0335 e. The zero-order chi connectivity index (χ0) is 11.6. The highest BCUT2D eigenvalue weighted by atomic mass is 32.1. The predicted molar refractivity (Wildman–Crippen MR) is 70.6 cm³/mol. The number of likely N-dealkylation sites (N-methyl/N-ethyl adjacent to an activating group) is 1. The van der Waals surface area contributed by atoms with Gasteiger partial charge in [-0.3, -0.25) is 4.90 Å². The summed E-state index contributed by atoms with van der Waals surface area (Å²) in [6.07, 6.45) is 2.71. The molecule has 16 heavy (non-hydrogen) atoms. The van der Waals surface area contributed by atoms with Gasteiger partial charge in [0.1, 0.15) is 0 Å². The number of nitrogens with zero attached hydrogens (tertiary/aromatic N) is 1. The Hall–Kier alpha value is -0.380. The molecule has 0 saturated heterocycles. The second kappa shape index (κ2) is 4.86. The lowest BCUT2D eigenvalue weighted by Gasteiger charge is -2.40. The number of rotatable bonds is 6. The first-order chi connectivity index (χ1) is 7.70. The normalized spacial score (nSPS) is 20.0. The van der Waals surface area contributed by atoms with Crippen molar-refractivity contribution >= 4 is 11.3 Å². The summed E-state index contributed by atoms with van der Waals surface area (Å²) in [6, 6.07) is 4.35. The minimum Gasteiger partial charge on any atom is -0.329 e. The molecule has 0 amide bonds. The molecule has 0 aromatic carbocycles. The van der Waals surface area contributed by atoms with Crippen LogP contribution in [0.15, 0.2) is 17.5 Å². The van der Waals surface area contributed by atoms with Gasteiger partial charge >= 0.3 is 0 Å². The van der Waals surface area contributed by atoms with Gasteiger partial charge in [0, 0.05) is 23.5 Å². The van der Waals surface area contributed by atoms with Crippen molar-refractivity contribution in [2.24, 2.45) is 11.7 Å². The summed E-state index contributed by atoms with van der Waals surface area (Å²) in [5.74, 6) is 0.817. The quantitative estimate of drug-likeness (QED) is 0.825. The van der Waals surface area contributed by atoms with Crippen LogP contribution in [0.5, 0.6) is 0 Å². The fourth-order valence-electron chi connectivity index (χ4n) is 2.50. The van der Waals surface area contributed by atoms with Crippen molar-refractivity contribution < 1.29 is 0 Å². The van der Waals surface area contributed by atoms with Crippen molar-refractivity contribution in [3.05, 3.63) is 22.4 Å². The van der Waals surface area contributed by atoms with Gasteiger partial charge in [0.25, 0.3) is 0 Å². The van der Waals surface area contributed by atoms with Gasteiger partial charge in [-0.2, -0.15) is 0 Å². The maximum atomic E-state index is 6.02. The Morgan fingerprint density at radius 3 is 2.75 bits per heavy atom. The van der Waals surface area contributed by atoms with Gasteiger partial charge in [-0.05, 0) is 43.7 Å². The Bertz CT molecular complexity index is 319. The van der Waals surface area contributed by atoms with Gasteiger partial charge in [0.2, 0.25) is 0 Å². The van der Waals surface area contributed by atoms with Crippen LogP contribution in [0.1, 0.15) is 31.6 Å². The molecule has 1 aromatic rings. The van der Waals surface area contributed by atoms with Gasteiger partial charge < -0.3 is 5.73 Å². The molecule has 0 aliphatic heterocycles. The standard InChI is InChI=1S/C13H22N2S/c1-3-15(9-12-5-4-8-16-12)13(2,10-14)11-6-7-11/h4-5,8,11H,3,6-7,9-10,14H2,1-2H3. The van der Waals surface area contributed by atoms with Crippen molar-refractivity contribution in [1.82, 2.24) is 4.90 Å². The monoisotopic (exact) mass is 238 g/mol. The summed E-state index contributed by atoms with van der Waals surface area (Å²) in [5.41, 5.74) is 6.22. The highest BCUT2D eigenvalue weighted by Gasteiger charge is 2.44. The van der Waals surface area contributed by atoms with Crippen LogP contribution in [0.2, 0.25) is 0 Å². The van der Waals surface area contributed by atoms with Crippen molar-refractivity contribution in [3.63, 3.8) is 0 Å². The molecule has 2 N–H and O–H groups in total. The maximum absolute atomic E-state index is 6.02. The van der Waals surface area contributed by atoms with E-state index < -0.39 is 0 Å². The highest BCUT2D eigenvalue weighted by Crippen LogP contribution is 2.43. The highest BCUT2D eigenvalue weighted by molar-refractivity contribution is 7.09. The Morgan fingerprint density at radius 1 is 1.56 bits per heavy atom. The molecule has 0 radical (unpaired) electrons. The van der Waals surface area contributed by atoms with E-state index in [1.807, 2.05) is 11.3 Å². The molecule has 2 nitrogen and oxygen atoms in total. The van der Waals surface area contributed by atoms with Gasteiger partial charge in [-0.1, -0.05) is 13.0 Å². The smallest absolute Gasteiger partial charge is 0.0335 e. The number of thiophene rings is 1. The molecular formula is C13H22N2S. The topological polar surface area (TPSA) is 29.3 Å². The van der Waals surface area contributed by atoms with E-state index in [-0.39, 0.29) is 5.54 Å². The third-order valence-corrected chi connectivity index (χ3v) is 4.76. The van der Waals surface area contributed by atoms with Crippen molar-refractivity contribution in [2.45, 2.75) is 38.8 Å². The summed E-state index contributed by atoms with van der Waals surface area (Å²) in [6.45, 7) is 7.49. The lowest BCUT2D eigenvalue weighted by molar-refractivity contribution is 0.0882.